The van der Waals surface area contributed by atoms with Gasteiger partial charge in [-0.1, -0.05) is 23.8 Å². The van der Waals surface area contributed by atoms with Crippen molar-refractivity contribution in [1.29, 1.82) is 0 Å². The number of nitrogens with one attached hydrogen (secondary N) is 1. The molecule has 0 aliphatic heterocycles. The Kier molecular flexibility index (Phi) is 4.52. The molecule has 0 atom stereocenters. The van der Waals surface area contributed by atoms with Crippen molar-refractivity contribution in [2.24, 2.45) is 5.73 Å². The molecule has 0 bridgehead atoms. The second-order valence-corrected chi connectivity index (χ2v) is 3.75. The monoisotopic (exact) mass is 258 g/mol. The minimum atomic E-state index is -0.549. The highest BCUT2D eigenvalue weighted by molar-refractivity contribution is 7.80. The summed E-state index contributed by atoms with van der Waals surface area (Å²) in [6.45, 7) is 2.02. The quantitative estimate of drug-likeness (QED) is 0.818. The molecule has 0 fully saturated rings. The summed E-state index contributed by atoms with van der Waals surface area (Å²) in [6, 6.07) is 4.88. The van der Waals surface area contributed by atoms with E-state index in [0.29, 0.717) is 22.9 Å². The number of thiocarbonyl (C=S) groups is 1. The number of hydrogen-bond donors (Lipinski definition) is 2. The van der Waals surface area contributed by atoms with Crippen molar-refractivity contribution < 1.29 is 9.53 Å². The van der Waals surface area contributed by atoms with E-state index in [0.717, 1.165) is 0 Å². The molecule has 86 valence electrons. The van der Waals surface area contributed by atoms with Crippen LogP contribution in [0.3, 0.4) is 0 Å². The zero-order valence-electron chi connectivity index (χ0n) is 8.62. The molecule has 1 aromatic rings. The van der Waals surface area contributed by atoms with Crippen LogP contribution in [-0.4, -0.2) is 17.7 Å². The summed E-state index contributed by atoms with van der Waals surface area (Å²) in [6.07, 6.45) is -0.549. The van der Waals surface area contributed by atoms with Crippen LogP contribution in [0.25, 0.3) is 0 Å². The zero-order chi connectivity index (χ0) is 12.1. The highest BCUT2D eigenvalue weighted by Crippen LogP contribution is 2.23. The van der Waals surface area contributed by atoms with E-state index in [9.17, 15) is 4.79 Å². The summed E-state index contributed by atoms with van der Waals surface area (Å²) in [7, 11) is 0. The fourth-order valence-corrected chi connectivity index (χ4v) is 1.40. The van der Waals surface area contributed by atoms with Crippen LogP contribution in [0.2, 0.25) is 5.02 Å². The second kappa shape index (κ2) is 5.67. The third-order valence-electron chi connectivity index (χ3n) is 1.77. The highest BCUT2D eigenvalue weighted by atomic mass is 35.5. The van der Waals surface area contributed by atoms with Crippen LogP contribution in [0.4, 0.5) is 10.5 Å². The maximum Gasteiger partial charge on any atom is 0.411 e. The van der Waals surface area contributed by atoms with E-state index in [1.165, 1.54) is 0 Å². The van der Waals surface area contributed by atoms with E-state index in [-0.39, 0.29) is 4.99 Å². The molecule has 0 unspecified atom stereocenters. The van der Waals surface area contributed by atoms with Crippen LogP contribution in [0, 0.1) is 0 Å². The Hall–Kier alpha value is -1.33. The van der Waals surface area contributed by atoms with Gasteiger partial charge in [-0.15, -0.1) is 0 Å². The third-order valence-corrected chi connectivity index (χ3v) is 2.31. The van der Waals surface area contributed by atoms with E-state index in [4.69, 9.17) is 34.3 Å². The van der Waals surface area contributed by atoms with Gasteiger partial charge in [-0.3, -0.25) is 5.32 Å². The van der Waals surface area contributed by atoms with Crippen molar-refractivity contribution >= 4 is 40.6 Å². The van der Waals surface area contributed by atoms with Crippen LogP contribution < -0.4 is 11.1 Å². The van der Waals surface area contributed by atoms with Gasteiger partial charge in [0.2, 0.25) is 0 Å². The smallest absolute Gasteiger partial charge is 0.411 e. The van der Waals surface area contributed by atoms with Gasteiger partial charge in [0.25, 0.3) is 0 Å². The van der Waals surface area contributed by atoms with Crippen molar-refractivity contribution in [3.05, 3.63) is 28.8 Å². The molecule has 3 N–H and O–H groups in total. The Morgan fingerprint density at radius 3 is 2.81 bits per heavy atom. The number of ether oxygens (including phenoxy) is 1. The maximum atomic E-state index is 11.1. The Morgan fingerprint density at radius 2 is 2.31 bits per heavy atom. The molecule has 1 amide bonds. The maximum absolute atomic E-state index is 11.1. The average Bonchev–Trinajstić information content (AvgIpc) is 2.21. The van der Waals surface area contributed by atoms with Gasteiger partial charge in [0.05, 0.1) is 17.3 Å². The summed E-state index contributed by atoms with van der Waals surface area (Å²) in [4.78, 5) is 11.4. The van der Waals surface area contributed by atoms with E-state index in [1.807, 2.05) is 0 Å². The first-order chi connectivity index (χ1) is 7.54. The molecule has 0 saturated heterocycles. The van der Waals surface area contributed by atoms with Gasteiger partial charge >= 0.3 is 6.09 Å². The van der Waals surface area contributed by atoms with Crippen molar-refractivity contribution in [2.75, 3.05) is 11.9 Å². The summed E-state index contributed by atoms with van der Waals surface area (Å²) < 4.78 is 4.72. The van der Waals surface area contributed by atoms with E-state index >= 15 is 0 Å². The van der Waals surface area contributed by atoms with Crippen LogP contribution in [0.1, 0.15) is 12.5 Å². The normalized spacial score (nSPS) is 9.62. The summed E-state index contributed by atoms with van der Waals surface area (Å²) in [5.41, 5.74) is 6.55. The molecular weight excluding hydrogens is 248 g/mol. The molecule has 1 rings (SSSR count). The number of benzene rings is 1. The Balaban J connectivity index is 2.83. The molecule has 0 aliphatic carbocycles. The first-order valence-electron chi connectivity index (χ1n) is 4.57. The summed E-state index contributed by atoms with van der Waals surface area (Å²) in [5.74, 6) is 0. The largest absolute Gasteiger partial charge is 0.450 e. The van der Waals surface area contributed by atoms with E-state index in [2.05, 4.69) is 5.32 Å². The topological polar surface area (TPSA) is 64.3 Å². The lowest BCUT2D eigenvalue weighted by Crippen LogP contribution is -2.14. The zero-order valence-corrected chi connectivity index (χ0v) is 10.2. The minimum Gasteiger partial charge on any atom is -0.450 e. The predicted octanol–water partition coefficient (Wildman–Crippen LogP) is 2.54. The first-order valence-corrected chi connectivity index (χ1v) is 5.36. The predicted molar refractivity (Wildman–Crippen MR) is 68.0 cm³/mol. The number of hydrogen-bond acceptors (Lipinski definition) is 3. The standard InChI is InChI=1S/C10H11ClN2O2S/c1-2-15-10(14)13-8-4-3-6(9(12)16)5-7(8)11/h3-5H,2H2,1H3,(H2,12,16)(H,13,14). The van der Waals surface area contributed by atoms with Crippen molar-refractivity contribution in [3.63, 3.8) is 0 Å². The molecule has 1 aromatic carbocycles. The summed E-state index contributed by atoms with van der Waals surface area (Å²) in [5, 5.41) is 2.86. The molecule has 0 aromatic heterocycles. The Bertz CT molecular complexity index is 423. The number of carbonyl (C=O) groups is 1. The van der Waals surface area contributed by atoms with Gasteiger partial charge in [0.1, 0.15) is 4.99 Å². The molecule has 16 heavy (non-hydrogen) atoms. The minimum absolute atomic E-state index is 0.254. The van der Waals surface area contributed by atoms with Gasteiger partial charge in [0, 0.05) is 5.56 Å². The molecule has 0 spiro atoms. The van der Waals surface area contributed by atoms with Crippen LogP contribution in [0.5, 0.6) is 0 Å². The number of carbonyl (C=O) groups excluding carboxylic acids is 1. The molecule has 6 heteroatoms. The van der Waals surface area contributed by atoms with Gasteiger partial charge in [-0.05, 0) is 25.1 Å². The average molecular weight is 259 g/mol. The van der Waals surface area contributed by atoms with Crippen LogP contribution in [0.15, 0.2) is 18.2 Å². The van der Waals surface area contributed by atoms with Gasteiger partial charge in [0.15, 0.2) is 0 Å². The number of amides is 1. The molecule has 0 heterocycles. The molecule has 0 saturated carbocycles. The summed E-state index contributed by atoms with van der Waals surface area (Å²) >= 11 is 10.7. The number of halogens is 1. The van der Waals surface area contributed by atoms with Crippen molar-refractivity contribution in [2.45, 2.75) is 6.92 Å². The van der Waals surface area contributed by atoms with E-state index in [1.54, 1.807) is 25.1 Å². The molecule has 4 nitrogen and oxygen atoms in total. The van der Waals surface area contributed by atoms with Crippen molar-refractivity contribution in [3.8, 4) is 0 Å². The lowest BCUT2D eigenvalue weighted by molar-refractivity contribution is 0.168. The van der Waals surface area contributed by atoms with Gasteiger partial charge in [-0.25, -0.2) is 4.79 Å². The lowest BCUT2D eigenvalue weighted by atomic mass is 10.2. The van der Waals surface area contributed by atoms with E-state index < -0.39 is 6.09 Å². The third kappa shape index (κ3) is 3.36. The number of nitrogens with two attached hydrogens (primary N) is 1. The SMILES string of the molecule is CCOC(=O)Nc1ccc(C(N)=S)cc1Cl. The number of anilines is 1. The lowest BCUT2D eigenvalue weighted by Gasteiger charge is -2.08. The first kappa shape index (κ1) is 12.7. The Morgan fingerprint density at radius 1 is 1.62 bits per heavy atom. The van der Waals surface area contributed by atoms with Crippen molar-refractivity contribution in [1.82, 2.24) is 0 Å². The van der Waals surface area contributed by atoms with Crippen LogP contribution >= 0.6 is 23.8 Å². The molecule has 0 radical (unpaired) electrons. The Labute approximate surface area is 104 Å². The fourth-order valence-electron chi connectivity index (χ4n) is 1.05. The van der Waals surface area contributed by atoms with Gasteiger partial charge < -0.3 is 10.5 Å². The fraction of sp³-hybridized carbons (Fsp3) is 0.200. The van der Waals surface area contributed by atoms with Crippen LogP contribution in [-0.2, 0) is 4.74 Å². The number of rotatable bonds is 3. The van der Waals surface area contributed by atoms with Gasteiger partial charge in [-0.2, -0.15) is 0 Å². The second-order valence-electron chi connectivity index (χ2n) is 2.90. The highest BCUT2D eigenvalue weighted by Gasteiger charge is 2.07. The molecular formula is C10H11ClN2O2S. The molecule has 0 aliphatic rings.